The molecular weight excluding hydrogens is 594 g/mol. The molecule has 2 unspecified atom stereocenters. The van der Waals surface area contributed by atoms with Crippen molar-refractivity contribution in [2.24, 2.45) is 23.2 Å². The molecule has 0 bridgehead atoms. The molecule has 42 heavy (non-hydrogen) atoms. The summed E-state index contributed by atoms with van der Waals surface area (Å²) in [5, 5.41) is 13.5. The van der Waals surface area contributed by atoms with Crippen LogP contribution in [0.2, 0.25) is 10.0 Å². The molecule has 2 aromatic rings. The molecule has 1 amide bonds. The number of benzene rings is 1. The lowest BCUT2D eigenvalue weighted by atomic mass is 9.84. The standard InChI is InChI=1S/C30H34Cl2F3N3O4/c1-15-8-22(31)26(23(32)9-15)24(39)14-37(18-11-20-21(12-18)29(20,2)3)28(42)19-13-36-38(27(19)30(33,34)35)17-6-4-16(5-7-17)10-25(40)41/h8-9,13,16-18,20-21H,4-7,10-12,14H2,1-3H3,(H,40,41)/p+1. The van der Waals surface area contributed by atoms with Crippen molar-refractivity contribution in [1.82, 2.24) is 14.7 Å². The monoisotopic (exact) mass is 628 g/mol. The topological polar surface area (TPSA) is 96.8 Å². The van der Waals surface area contributed by atoms with Crippen molar-refractivity contribution in [1.29, 1.82) is 0 Å². The number of fused-ring (bicyclic) bond motifs is 1. The van der Waals surface area contributed by atoms with Crippen LogP contribution in [0.4, 0.5) is 13.2 Å². The first kappa shape index (κ1) is 30.9. The van der Waals surface area contributed by atoms with E-state index in [1.165, 1.54) is 4.90 Å². The number of nitrogens with zero attached hydrogens (tertiary/aromatic N) is 3. The largest absolute Gasteiger partial charge is 0.480 e. The van der Waals surface area contributed by atoms with E-state index in [0.29, 0.717) is 50.4 Å². The van der Waals surface area contributed by atoms with Crippen molar-refractivity contribution in [3.8, 4) is 0 Å². The number of alkyl halides is 3. The molecule has 3 fully saturated rings. The summed E-state index contributed by atoms with van der Waals surface area (Å²) in [7, 11) is 0. The fourth-order valence-electron chi connectivity index (χ4n) is 7.38. The van der Waals surface area contributed by atoms with Crippen LogP contribution >= 0.6 is 23.2 Å². The molecule has 3 aliphatic carbocycles. The van der Waals surface area contributed by atoms with Gasteiger partial charge in [-0.15, -0.1) is 0 Å². The van der Waals surface area contributed by atoms with Gasteiger partial charge in [-0.25, -0.2) is 0 Å². The predicted octanol–water partition coefficient (Wildman–Crippen LogP) is 7.46. The van der Waals surface area contributed by atoms with Crippen LogP contribution in [0.5, 0.6) is 0 Å². The van der Waals surface area contributed by atoms with Gasteiger partial charge in [-0.3, -0.25) is 14.3 Å². The highest BCUT2D eigenvalue weighted by molar-refractivity contribution is 6.40. The molecule has 0 spiro atoms. The minimum Gasteiger partial charge on any atom is -0.339 e. The summed E-state index contributed by atoms with van der Waals surface area (Å²) in [5.41, 5.74) is -0.820. The van der Waals surface area contributed by atoms with Crippen LogP contribution in [-0.2, 0) is 6.18 Å². The summed E-state index contributed by atoms with van der Waals surface area (Å²) in [5.74, 6) is -1.50. The number of carbonyl (C=O) groups excluding carboxylic acids is 2. The number of ketones is 1. The third kappa shape index (κ3) is 5.81. The average molecular weight is 630 g/mol. The van der Waals surface area contributed by atoms with Gasteiger partial charge in [0.05, 0.1) is 40.0 Å². The fourth-order valence-corrected chi connectivity index (χ4v) is 8.19. The van der Waals surface area contributed by atoms with E-state index in [2.05, 4.69) is 18.9 Å². The van der Waals surface area contributed by atoms with Gasteiger partial charge in [0.2, 0.25) is 0 Å². The third-order valence-corrected chi connectivity index (χ3v) is 10.3. The minimum absolute atomic E-state index is 0.0416. The highest BCUT2D eigenvalue weighted by atomic mass is 35.5. The molecule has 228 valence electrons. The second-order valence-corrected chi connectivity index (χ2v) is 13.6. The van der Waals surface area contributed by atoms with Gasteiger partial charge in [-0.05, 0) is 86.3 Å². The summed E-state index contributed by atoms with van der Waals surface area (Å²) in [6, 6.07) is 2.16. The number of rotatable bonds is 8. The Bertz CT molecular complexity index is 1380. The lowest BCUT2D eigenvalue weighted by Crippen LogP contribution is -2.44. The molecule has 0 radical (unpaired) electrons. The Hall–Kier alpha value is -2.59. The summed E-state index contributed by atoms with van der Waals surface area (Å²) in [6.07, 6.45) is -0.930. The Kier molecular flexibility index (Phi) is 8.20. The first-order valence-electron chi connectivity index (χ1n) is 14.3. The van der Waals surface area contributed by atoms with Crippen LogP contribution in [0.15, 0.2) is 18.3 Å². The van der Waals surface area contributed by atoms with E-state index in [1.807, 2.05) is 0 Å². The van der Waals surface area contributed by atoms with E-state index in [4.69, 9.17) is 23.2 Å². The van der Waals surface area contributed by atoms with Crippen molar-refractivity contribution in [2.45, 2.75) is 84.0 Å². The van der Waals surface area contributed by atoms with Crippen molar-refractivity contribution >= 4 is 40.9 Å². The Balaban J connectivity index is 1.46. The highest BCUT2D eigenvalue weighted by Gasteiger charge is 2.63. The first-order chi connectivity index (χ1) is 19.6. The predicted molar refractivity (Wildman–Crippen MR) is 153 cm³/mol. The third-order valence-electron chi connectivity index (χ3n) is 9.75. The molecule has 7 nitrogen and oxygen atoms in total. The van der Waals surface area contributed by atoms with Crippen LogP contribution in [0.25, 0.3) is 0 Å². The second kappa shape index (κ2) is 11.2. The molecule has 12 heteroatoms. The van der Waals surface area contributed by atoms with Gasteiger partial charge in [-0.1, -0.05) is 37.0 Å². The summed E-state index contributed by atoms with van der Waals surface area (Å²) in [4.78, 5) is 38.0. The number of amides is 1. The quantitative estimate of drug-likeness (QED) is 0.242. The number of carboxylic acid groups (broad SMARTS) is 1. The second-order valence-electron chi connectivity index (χ2n) is 12.8. The van der Waals surface area contributed by atoms with Crippen LogP contribution in [0.1, 0.15) is 96.8 Å². The van der Waals surface area contributed by atoms with Gasteiger partial charge >= 0.3 is 12.1 Å². The summed E-state index contributed by atoms with van der Waals surface area (Å²) in [6.45, 7) is 5.59. The SMILES string of the molecule is Cc1cc(Cl)c(C(=O)CN(C(=O)c2cnn(C3CCC(CC(O)=[OH+])CC3)c2C(F)(F)F)C2CC3C(C2)C3(C)C)c(Cl)c1. The molecule has 3 aliphatic rings. The summed E-state index contributed by atoms with van der Waals surface area (Å²) >= 11 is 12.7. The van der Waals surface area contributed by atoms with Gasteiger partial charge < -0.3 is 14.8 Å². The zero-order valence-electron chi connectivity index (χ0n) is 23.7. The number of halogens is 5. The summed E-state index contributed by atoms with van der Waals surface area (Å²) < 4.78 is 44.7. The van der Waals surface area contributed by atoms with E-state index >= 15 is 0 Å². The minimum atomic E-state index is -4.87. The van der Waals surface area contributed by atoms with E-state index < -0.39 is 53.7 Å². The number of Topliss-reactive ketones (excluding diaryl/α,β-unsaturated/α-hetero) is 1. The van der Waals surface area contributed by atoms with E-state index in [1.54, 1.807) is 19.1 Å². The van der Waals surface area contributed by atoms with Gasteiger partial charge in [0.25, 0.3) is 5.91 Å². The number of aliphatic hydroxyl groups excluding tert-OH is 1. The number of hydrogen-bond acceptors (Lipinski definition) is 3. The maximum absolute atomic E-state index is 14.6. The Labute approximate surface area is 252 Å². The van der Waals surface area contributed by atoms with Crippen molar-refractivity contribution in [3.63, 3.8) is 0 Å². The number of aliphatic carboxylic acids is 1. The number of hydrogen-bond donors (Lipinski definition) is 1. The van der Waals surface area contributed by atoms with E-state index in [9.17, 15) is 32.7 Å². The molecule has 1 aromatic heterocycles. The molecule has 1 aromatic carbocycles. The van der Waals surface area contributed by atoms with E-state index in [0.717, 1.165) is 16.4 Å². The van der Waals surface area contributed by atoms with Crippen molar-refractivity contribution in [3.05, 3.63) is 50.8 Å². The Morgan fingerprint density at radius 1 is 1.12 bits per heavy atom. The maximum Gasteiger partial charge on any atom is 0.480 e. The Morgan fingerprint density at radius 3 is 2.21 bits per heavy atom. The van der Waals surface area contributed by atoms with Gasteiger partial charge in [0.15, 0.2) is 11.5 Å². The van der Waals surface area contributed by atoms with E-state index in [-0.39, 0.29) is 33.4 Å². The van der Waals surface area contributed by atoms with Gasteiger partial charge in [-0.2, -0.15) is 18.3 Å². The van der Waals surface area contributed by atoms with Crippen LogP contribution in [-0.4, -0.2) is 54.8 Å². The number of aryl methyl sites for hydroxylation is 1. The number of carbonyl (C=O) groups is 2. The highest BCUT2D eigenvalue weighted by Crippen LogP contribution is 2.67. The van der Waals surface area contributed by atoms with Crippen molar-refractivity contribution < 1.29 is 32.7 Å². The average Bonchev–Trinajstić information content (AvgIpc) is 3.30. The molecule has 2 atom stereocenters. The molecule has 0 saturated heterocycles. The molecule has 1 heterocycles. The molecular formula is C30H35Cl2F3N3O4+. The zero-order chi connectivity index (χ0) is 30.7. The Morgan fingerprint density at radius 2 is 1.69 bits per heavy atom. The van der Waals surface area contributed by atoms with Crippen LogP contribution in [0, 0.1) is 30.1 Å². The lowest BCUT2D eigenvalue weighted by Gasteiger charge is -2.32. The molecule has 0 aliphatic heterocycles. The molecule has 3 saturated carbocycles. The molecule has 2 N–H and O–H groups in total. The fraction of sp³-hybridized carbons (Fsp3) is 0.600. The molecule has 5 rings (SSSR count). The number of carboxylic acids is 1. The zero-order valence-corrected chi connectivity index (χ0v) is 25.2. The van der Waals surface area contributed by atoms with Crippen LogP contribution < -0.4 is 0 Å². The smallest absolute Gasteiger partial charge is 0.339 e. The first-order valence-corrected chi connectivity index (χ1v) is 15.0. The van der Waals surface area contributed by atoms with Gasteiger partial charge in [0, 0.05) is 6.04 Å². The van der Waals surface area contributed by atoms with Crippen LogP contribution in [0.3, 0.4) is 0 Å². The maximum atomic E-state index is 14.6. The normalized spacial score (nSPS) is 26.5. The lowest BCUT2D eigenvalue weighted by molar-refractivity contribution is -0.145. The van der Waals surface area contributed by atoms with Gasteiger partial charge in [0.1, 0.15) is 6.42 Å². The number of aromatic nitrogens is 2. The van der Waals surface area contributed by atoms with Crippen molar-refractivity contribution in [2.75, 3.05) is 6.54 Å².